The van der Waals surface area contributed by atoms with E-state index in [0.717, 1.165) is 5.56 Å². The summed E-state index contributed by atoms with van der Waals surface area (Å²) in [6, 6.07) is 11.5. The largest absolute Gasteiger partial charge is 0.475 e. The SMILES string of the molecule is CC(Cc1ccc2c(c1)OC(C(=O)O)(C(=O)O)O2)N1C[C@H](c2cccc(Cl)c2)OC1=O. The van der Waals surface area contributed by atoms with Crippen LogP contribution in [0.25, 0.3) is 0 Å². The fraction of sp³-hybridized carbons (Fsp3) is 0.286. The zero-order chi connectivity index (χ0) is 22.3. The van der Waals surface area contributed by atoms with E-state index < -0.39 is 29.9 Å². The van der Waals surface area contributed by atoms with Gasteiger partial charge >= 0.3 is 23.8 Å². The number of carboxylic acid groups (broad SMARTS) is 2. The second kappa shape index (κ2) is 7.66. The number of rotatable bonds is 6. The predicted molar refractivity (Wildman–Crippen MR) is 106 cm³/mol. The van der Waals surface area contributed by atoms with Gasteiger partial charge in [0, 0.05) is 11.1 Å². The van der Waals surface area contributed by atoms with Crippen LogP contribution in [0.1, 0.15) is 24.2 Å². The lowest BCUT2D eigenvalue weighted by Crippen LogP contribution is -2.54. The molecular weight excluding hydrogens is 430 g/mol. The molecule has 162 valence electrons. The molecule has 0 radical (unpaired) electrons. The average Bonchev–Trinajstić information content (AvgIpc) is 3.29. The normalized spacial score (nSPS) is 19.7. The maximum absolute atomic E-state index is 12.4. The minimum Gasteiger partial charge on any atom is -0.475 e. The molecule has 2 aromatic rings. The van der Waals surface area contributed by atoms with E-state index in [9.17, 15) is 24.6 Å². The second-order valence-corrected chi connectivity index (χ2v) is 7.78. The molecule has 0 aliphatic carbocycles. The van der Waals surface area contributed by atoms with Gasteiger partial charge in [-0.15, -0.1) is 0 Å². The quantitative estimate of drug-likeness (QED) is 0.647. The highest BCUT2D eigenvalue weighted by atomic mass is 35.5. The lowest BCUT2D eigenvalue weighted by Gasteiger charge is -2.22. The van der Waals surface area contributed by atoms with E-state index in [1.54, 1.807) is 29.2 Å². The molecule has 1 fully saturated rings. The maximum Gasteiger partial charge on any atom is 0.453 e. The van der Waals surface area contributed by atoms with Crippen molar-refractivity contribution < 1.29 is 38.8 Å². The number of hydrogen-bond acceptors (Lipinski definition) is 6. The average molecular weight is 448 g/mol. The van der Waals surface area contributed by atoms with E-state index in [2.05, 4.69) is 0 Å². The third-order valence-corrected chi connectivity index (χ3v) is 5.44. The van der Waals surface area contributed by atoms with Gasteiger partial charge in [0.25, 0.3) is 0 Å². The molecule has 2 aliphatic heterocycles. The van der Waals surface area contributed by atoms with Gasteiger partial charge in [0.15, 0.2) is 11.5 Å². The summed E-state index contributed by atoms with van der Waals surface area (Å²) in [4.78, 5) is 36.7. The van der Waals surface area contributed by atoms with Crippen LogP contribution < -0.4 is 9.47 Å². The third kappa shape index (κ3) is 3.72. The van der Waals surface area contributed by atoms with Crippen LogP contribution in [0.4, 0.5) is 4.79 Å². The smallest absolute Gasteiger partial charge is 0.453 e. The first-order valence-corrected chi connectivity index (χ1v) is 9.78. The summed E-state index contributed by atoms with van der Waals surface area (Å²) in [5.41, 5.74) is 1.51. The number of ether oxygens (including phenoxy) is 3. The van der Waals surface area contributed by atoms with Crippen molar-refractivity contribution in [2.45, 2.75) is 31.3 Å². The van der Waals surface area contributed by atoms with E-state index in [0.29, 0.717) is 23.6 Å². The van der Waals surface area contributed by atoms with Crippen molar-refractivity contribution in [1.82, 2.24) is 4.90 Å². The number of aliphatic carboxylic acids is 2. The molecule has 0 saturated carbocycles. The molecule has 2 N–H and O–H groups in total. The van der Waals surface area contributed by atoms with Crippen molar-refractivity contribution in [3.8, 4) is 11.5 Å². The van der Waals surface area contributed by atoms with Gasteiger partial charge in [-0.1, -0.05) is 29.8 Å². The Bertz CT molecular complexity index is 1060. The number of carbonyl (C=O) groups excluding carboxylic acids is 1. The molecule has 1 amide bonds. The van der Waals surface area contributed by atoms with Crippen LogP contribution in [0.2, 0.25) is 5.02 Å². The first-order chi connectivity index (χ1) is 14.7. The Morgan fingerprint density at radius 2 is 1.87 bits per heavy atom. The van der Waals surface area contributed by atoms with Crippen LogP contribution in [-0.4, -0.2) is 51.5 Å². The number of fused-ring (bicyclic) bond motifs is 1. The molecule has 31 heavy (non-hydrogen) atoms. The fourth-order valence-electron chi connectivity index (χ4n) is 3.61. The Hall–Kier alpha value is -3.46. The lowest BCUT2D eigenvalue weighted by molar-refractivity contribution is -0.194. The van der Waals surface area contributed by atoms with Gasteiger partial charge < -0.3 is 29.3 Å². The maximum atomic E-state index is 12.4. The molecule has 1 saturated heterocycles. The molecule has 2 aromatic carbocycles. The summed E-state index contributed by atoms with van der Waals surface area (Å²) >= 11 is 6.02. The minimum atomic E-state index is -2.81. The zero-order valence-electron chi connectivity index (χ0n) is 16.3. The van der Waals surface area contributed by atoms with Crippen LogP contribution in [0.15, 0.2) is 42.5 Å². The molecular formula is C21H18ClNO8. The number of carboxylic acids is 2. The zero-order valence-corrected chi connectivity index (χ0v) is 17.0. The molecule has 2 aliphatic rings. The van der Waals surface area contributed by atoms with E-state index in [-0.39, 0.29) is 17.5 Å². The second-order valence-electron chi connectivity index (χ2n) is 7.35. The van der Waals surface area contributed by atoms with Gasteiger partial charge in [-0.2, -0.15) is 0 Å². The summed E-state index contributed by atoms with van der Waals surface area (Å²) in [5.74, 6) is -6.32. The monoisotopic (exact) mass is 447 g/mol. The molecule has 2 atom stereocenters. The molecule has 1 unspecified atom stereocenters. The molecule has 0 spiro atoms. The van der Waals surface area contributed by atoms with Crippen LogP contribution in [-0.2, 0) is 20.7 Å². The number of halogens is 1. The van der Waals surface area contributed by atoms with Crippen molar-refractivity contribution >= 4 is 29.6 Å². The fourth-order valence-corrected chi connectivity index (χ4v) is 3.81. The van der Waals surface area contributed by atoms with Crippen molar-refractivity contribution in [2.24, 2.45) is 0 Å². The highest BCUT2D eigenvalue weighted by Gasteiger charge is 2.57. The number of cyclic esters (lactones) is 1. The first kappa shape index (κ1) is 20.8. The molecule has 0 aromatic heterocycles. The predicted octanol–water partition coefficient (Wildman–Crippen LogP) is 3.10. The summed E-state index contributed by atoms with van der Waals surface area (Å²) in [5, 5.41) is 19.0. The van der Waals surface area contributed by atoms with Crippen LogP contribution >= 0.6 is 11.6 Å². The summed E-state index contributed by atoms with van der Waals surface area (Å²) in [6.07, 6.45) is -0.479. The Morgan fingerprint density at radius 1 is 1.16 bits per heavy atom. The van der Waals surface area contributed by atoms with Crippen molar-refractivity contribution in [3.05, 3.63) is 58.6 Å². The van der Waals surface area contributed by atoms with Gasteiger partial charge in [-0.05, 0) is 48.7 Å². The van der Waals surface area contributed by atoms with Crippen LogP contribution in [0.3, 0.4) is 0 Å². The van der Waals surface area contributed by atoms with Gasteiger partial charge in [0.05, 0.1) is 6.54 Å². The van der Waals surface area contributed by atoms with Crippen molar-refractivity contribution in [1.29, 1.82) is 0 Å². The van der Waals surface area contributed by atoms with Gasteiger partial charge in [-0.25, -0.2) is 14.4 Å². The van der Waals surface area contributed by atoms with E-state index in [4.69, 9.17) is 25.8 Å². The Morgan fingerprint density at radius 3 is 2.55 bits per heavy atom. The van der Waals surface area contributed by atoms with E-state index in [1.165, 1.54) is 12.1 Å². The van der Waals surface area contributed by atoms with Gasteiger partial charge in [0.2, 0.25) is 0 Å². The Kier molecular flexibility index (Phi) is 5.14. The highest BCUT2D eigenvalue weighted by molar-refractivity contribution is 6.30. The van der Waals surface area contributed by atoms with Crippen LogP contribution in [0.5, 0.6) is 11.5 Å². The first-order valence-electron chi connectivity index (χ1n) is 9.40. The van der Waals surface area contributed by atoms with Crippen LogP contribution in [0, 0.1) is 0 Å². The van der Waals surface area contributed by atoms with E-state index >= 15 is 0 Å². The Labute approximate surface area is 181 Å². The third-order valence-electron chi connectivity index (χ3n) is 5.20. The molecule has 4 rings (SSSR count). The number of carbonyl (C=O) groups is 3. The number of benzene rings is 2. The molecule has 0 bridgehead atoms. The summed E-state index contributed by atoms with van der Waals surface area (Å²) in [6.45, 7) is 2.21. The molecule has 9 nitrogen and oxygen atoms in total. The van der Waals surface area contributed by atoms with Crippen molar-refractivity contribution in [2.75, 3.05) is 6.54 Å². The number of nitrogens with zero attached hydrogens (tertiary/aromatic N) is 1. The Balaban J connectivity index is 1.47. The molecule has 10 heteroatoms. The standard InChI is InChI=1S/C21H18ClNO8/c1-11(23-10-17(29-20(23)28)13-3-2-4-14(22)9-13)7-12-5-6-15-16(8-12)31-21(30-15,18(24)25)19(26)27/h2-6,8-9,11,17H,7,10H2,1H3,(H,24,25)(H,26,27)/t11?,17-/m1/s1. The number of amides is 1. The lowest BCUT2D eigenvalue weighted by atomic mass is 10.0. The van der Waals surface area contributed by atoms with Gasteiger partial charge in [0.1, 0.15) is 6.10 Å². The van der Waals surface area contributed by atoms with Crippen molar-refractivity contribution in [3.63, 3.8) is 0 Å². The summed E-state index contributed by atoms with van der Waals surface area (Å²) in [7, 11) is 0. The number of hydrogen-bond donors (Lipinski definition) is 2. The van der Waals surface area contributed by atoms with E-state index in [1.807, 2.05) is 13.0 Å². The summed E-state index contributed by atoms with van der Waals surface area (Å²) < 4.78 is 15.7. The highest BCUT2D eigenvalue weighted by Crippen LogP contribution is 2.41. The molecule has 2 heterocycles. The topological polar surface area (TPSA) is 123 Å². The van der Waals surface area contributed by atoms with Gasteiger partial charge in [-0.3, -0.25) is 0 Å². The minimum absolute atomic E-state index is 0.00954.